The Bertz CT molecular complexity index is 1930. The molecular weight excluding hydrogens is 674 g/mol. The summed E-state index contributed by atoms with van der Waals surface area (Å²) in [6.45, 7) is 7.10. The molecule has 2 atom stereocenters. The smallest absolute Gasteiger partial charge is 0.0705 e. The molecule has 2 heterocycles. The number of benzene rings is 2. The molecule has 4 saturated carbocycles. The van der Waals surface area contributed by atoms with Gasteiger partial charge in [0.05, 0.1) is 11.0 Å². The van der Waals surface area contributed by atoms with Gasteiger partial charge in [0.2, 0.25) is 0 Å². The van der Waals surface area contributed by atoms with E-state index in [9.17, 15) is 0 Å². The molecule has 4 bridgehead atoms. The number of hydrogen-bond donors (Lipinski definition) is 0. The van der Waals surface area contributed by atoms with Crippen molar-refractivity contribution in [2.24, 2.45) is 23.7 Å². The topological polar surface area (TPSA) is 25.8 Å². The van der Waals surface area contributed by atoms with Crippen molar-refractivity contribution < 1.29 is 17.1 Å². The molecule has 4 fully saturated rings. The van der Waals surface area contributed by atoms with Crippen molar-refractivity contribution in [2.75, 3.05) is 6.16 Å². The van der Waals surface area contributed by atoms with E-state index in [0.717, 1.165) is 52.3 Å². The second-order valence-electron chi connectivity index (χ2n) is 15.9. The van der Waals surface area contributed by atoms with Crippen molar-refractivity contribution in [1.29, 1.82) is 0 Å². The zero-order valence-electron chi connectivity index (χ0n) is 28.9. The predicted octanol–water partition coefficient (Wildman–Crippen LogP) is 10.9. The third-order valence-electron chi connectivity index (χ3n) is 12.2. The van der Waals surface area contributed by atoms with Gasteiger partial charge in [0.1, 0.15) is 0 Å². The van der Waals surface area contributed by atoms with E-state index in [-0.39, 0.29) is 27.9 Å². The molecular formula is C44H48FeN2P2-6. The van der Waals surface area contributed by atoms with Crippen LogP contribution in [0.1, 0.15) is 81.0 Å². The van der Waals surface area contributed by atoms with Crippen LogP contribution < -0.4 is 0 Å². The number of para-hydroxylation sites is 2. The van der Waals surface area contributed by atoms with Gasteiger partial charge in [-0.05, 0) is 86.2 Å². The molecule has 0 radical (unpaired) electrons. The van der Waals surface area contributed by atoms with Gasteiger partial charge in [-0.25, -0.2) is 0 Å². The maximum absolute atomic E-state index is 5.41. The molecule has 5 heteroatoms. The fourth-order valence-electron chi connectivity index (χ4n) is 9.86. The van der Waals surface area contributed by atoms with Crippen LogP contribution in [-0.4, -0.2) is 16.1 Å². The van der Waals surface area contributed by atoms with Gasteiger partial charge < -0.3 is 30.3 Å². The van der Waals surface area contributed by atoms with Gasteiger partial charge in [0.15, 0.2) is 0 Å². The van der Waals surface area contributed by atoms with E-state index < -0.39 is 5.16 Å². The quantitative estimate of drug-likeness (QED) is 0.101. The van der Waals surface area contributed by atoms with Crippen LogP contribution >= 0.6 is 18.5 Å². The summed E-state index contributed by atoms with van der Waals surface area (Å²) in [5.74, 6) is 3.35. The van der Waals surface area contributed by atoms with Crippen LogP contribution in [0.5, 0.6) is 0 Å². The van der Waals surface area contributed by atoms with E-state index in [0.29, 0.717) is 0 Å². The van der Waals surface area contributed by atoms with E-state index >= 15 is 0 Å². The average molecular weight is 723 g/mol. The van der Waals surface area contributed by atoms with Crippen molar-refractivity contribution in [3.63, 3.8) is 0 Å². The number of hydrogen-bond acceptors (Lipinski definition) is 2. The van der Waals surface area contributed by atoms with E-state index in [1.165, 1.54) is 54.0 Å². The van der Waals surface area contributed by atoms with Gasteiger partial charge in [-0.2, -0.15) is 28.8 Å². The molecule has 0 N–H and O–H groups in total. The third-order valence-corrected chi connectivity index (χ3v) is 13.8. The molecule has 258 valence electrons. The first-order valence-corrected chi connectivity index (χ1v) is 19.3. The Morgan fingerprint density at radius 1 is 0.694 bits per heavy atom. The average Bonchev–Trinajstić information content (AvgIpc) is 3.83. The number of aromatic nitrogens is 2. The van der Waals surface area contributed by atoms with Gasteiger partial charge >= 0.3 is 0 Å². The summed E-state index contributed by atoms with van der Waals surface area (Å²) in [7, 11) is 6.59. The van der Waals surface area contributed by atoms with Crippen LogP contribution in [0, 0.1) is 23.7 Å². The summed E-state index contributed by atoms with van der Waals surface area (Å²) in [6.07, 6.45) is 8.16. The Morgan fingerprint density at radius 3 is 1.61 bits per heavy atom. The third kappa shape index (κ3) is 5.98. The molecule has 2 aromatic heterocycles. The predicted molar refractivity (Wildman–Crippen MR) is 209 cm³/mol. The van der Waals surface area contributed by atoms with E-state index in [1.54, 1.807) is 5.56 Å². The number of fused-ring (bicyclic) bond motifs is 2. The van der Waals surface area contributed by atoms with Crippen LogP contribution in [0.15, 0.2) is 115 Å². The second kappa shape index (κ2) is 13.5. The molecule has 49 heavy (non-hydrogen) atoms. The summed E-state index contributed by atoms with van der Waals surface area (Å²) < 4.78 is 0. The number of rotatable bonds is 5. The maximum atomic E-state index is 5.41. The fraction of sp³-hybridized carbons (Fsp3) is 0.364. The molecule has 0 amide bonds. The van der Waals surface area contributed by atoms with Gasteiger partial charge in [-0.3, -0.25) is 9.97 Å². The Labute approximate surface area is 307 Å². The molecule has 4 aliphatic carbocycles. The van der Waals surface area contributed by atoms with Crippen LogP contribution in [0.2, 0.25) is 0 Å². The second-order valence-corrected chi connectivity index (χ2v) is 17.2. The molecule has 4 aliphatic rings. The zero-order valence-corrected chi connectivity index (χ0v) is 32.3. The SMILES string of the molecule is CC(C)(C)[c-]1cc(C(P)(c2ccc3ccccc3n2)c2ccc3ccccc3n2)c(C2(CP)C3CC4CC(C3)CC2C4)c1.[Fe].[cH-]1[cH-][cH-][cH-][cH-]1. The van der Waals surface area contributed by atoms with Crippen LogP contribution in [0.25, 0.3) is 21.8 Å². The Morgan fingerprint density at radius 2 is 1.16 bits per heavy atom. The van der Waals surface area contributed by atoms with Crippen molar-refractivity contribution in [3.8, 4) is 0 Å². The van der Waals surface area contributed by atoms with Crippen LogP contribution in [-0.2, 0) is 33.1 Å². The van der Waals surface area contributed by atoms with Crippen LogP contribution in [0.3, 0.4) is 0 Å². The number of nitrogens with zero attached hydrogens (tertiary/aromatic N) is 2. The van der Waals surface area contributed by atoms with Gasteiger partial charge in [0, 0.05) is 44.4 Å². The normalized spacial score (nSPS) is 24.4. The van der Waals surface area contributed by atoms with Crippen molar-refractivity contribution in [3.05, 3.63) is 143 Å². The van der Waals surface area contributed by atoms with Crippen LogP contribution in [0.4, 0.5) is 0 Å². The first-order chi connectivity index (χ1) is 23.2. The Balaban J connectivity index is 0.000000581. The van der Waals surface area contributed by atoms with Crippen molar-refractivity contribution >= 4 is 40.3 Å². The first-order valence-electron chi connectivity index (χ1n) is 17.9. The molecule has 10 rings (SSSR count). The molecule has 2 unspecified atom stereocenters. The molecule has 4 aromatic carbocycles. The van der Waals surface area contributed by atoms with Gasteiger partial charge in [-0.1, -0.05) is 80.1 Å². The van der Waals surface area contributed by atoms with Crippen molar-refractivity contribution in [2.45, 2.75) is 68.9 Å². The Hall–Kier alpha value is -2.66. The summed E-state index contributed by atoms with van der Waals surface area (Å²) >= 11 is 0. The largest absolute Gasteiger partial charge is 0.748 e. The molecule has 6 aromatic rings. The summed E-state index contributed by atoms with van der Waals surface area (Å²) in [6, 6.07) is 41.2. The van der Waals surface area contributed by atoms with E-state index in [2.05, 4.69) is 124 Å². The monoisotopic (exact) mass is 722 g/mol. The first kappa shape index (κ1) is 34.8. The minimum atomic E-state index is -0.589. The standard InChI is InChI=1S/C39H43N2P2.C5H5.Fe/c1-37(2,3)28-21-31(38(23-42)29-17-24-16-25(19-29)20-30(38)18-24)32(22-28)39(43,35-14-12-26-8-4-6-10-33(26)40-35)36-15-13-27-9-5-7-11-34(27)41-36;1-2-4-5-3-1;/h4-15,21-22,24-25,29-30H,16-20,23,42-43H2,1-3H3;1-5H;/q-1;-5;. The van der Waals surface area contributed by atoms with E-state index in [4.69, 9.17) is 9.97 Å². The minimum absolute atomic E-state index is 0. The van der Waals surface area contributed by atoms with Gasteiger partial charge in [0.25, 0.3) is 0 Å². The molecule has 2 nitrogen and oxygen atoms in total. The molecule has 0 spiro atoms. The van der Waals surface area contributed by atoms with Crippen molar-refractivity contribution in [1.82, 2.24) is 9.97 Å². The molecule has 0 saturated heterocycles. The zero-order chi connectivity index (χ0) is 33.1. The Kier molecular flexibility index (Phi) is 9.56. The summed E-state index contributed by atoms with van der Waals surface area (Å²) in [5.41, 5.74) is 8.77. The molecule has 0 aliphatic heterocycles. The maximum Gasteiger partial charge on any atom is 0.0705 e. The minimum Gasteiger partial charge on any atom is -0.748 e. The van der Waals surface area contributed by atoms with Gasteiger partial charge in [-0.15, -0.1) is 18.5 Å². The summed E-state index contributed by atoms with van der Waals surface area (Å²) in [5, 5.41) is 1.75. The van der Waals surface area contributed by atoms with E-state index in [1.807, 2.05) is 30.3 Å². The summed E-state index contributed by atoms with van der Waals surface area (Å²) in [4.78, 5) is 10.8. The number of pyridine rings is 2. The fourth-order valence-corrected chi connectivity index (χ4v) is 11.3.